The Morgan fingerprint density at radius 3 is 2.57 bits per heavy atom. The second kappa shape index (κ2) is 3.69. The molecule has 1 heterocycles. The van der Waals surface area contributed by atoms with Gasteiger partial charge in [-0.05, 0) is 46.2 Å². The lowest BCUT2D eigenvalue weighted by Gasteiger charge is -2.02. The van der Waals surface area contributed by atoms with Gasteiger partial charge in [-0.3, -0.25) is 0 Å². The van der Waals surface area contributed by atoms with Crippen LogP contribution in [0, 0.1) is 2.88 Å². The largest absolute Gasteiger partial charge is 0.508 e. The number of hydrogen-bond acceptors (Lipinski definition) is 4. The van der Waals surface area contributed by atoms with Crippen LogP contribution in [0.1, 0.15) is 0 Å². The molecule has 0 saturated heterocycles. The van der Waals surface area contributed by atoms with Gasteiger partial charge in [0.25, 0.3) is 0 Å². The Kier molecular flexibility index (Phi) is 2.69. The second-order valence-corrected chi connectivity index (χ2v) is 5.85. The number of rotatable bonds is 1. The van der Waals surface area contributed by atoms with E-state index in [0.29, 0.717) is 0 Å². The number of phenols is 1. The molecule has 0 unspecified atom stereocenters. The maximum absolute atomic E-state index is 9.47. The zero-order chi connectivity index (χ0) is 10.3. The number of hydrogen-bond donors (Lipinski definition) is 3. The molecule has 0 atom stereocenters. The van der Waals surface area contributed by atoms with Crippen LogP contribution in [0.4, 0.5) is 0 Å². The third-order valence-electron chi connectivity index (χ3n) is 1.91. The van der Waals surface area contributed by atoms with Gasteiger partial charge < -0.3 is 15.2 Å². The summed E-state index contributed by atoms with van der Waals surface area (Å²) in [5, 5.41) is 28.3. The summed E-state index contributed by atoms with van der Waals surface area (Å²) in [6, 6.07) is 5.08. The van der Waals surface area contributed by atoms with Crippen molar-refractivity contribution in [2.75, 3.05) is 0 Å². The summed E-state index contributed by atoms with van der Waals surface area (Å²) in [7, 11) is -1.63. The molecule has 14 heavy (non-hydrogen) atoms. The molecule has 2 aromatic rings. The number of benzene rings is 1. The van der Waals surface area contributed by atoms with E-state index < -0.39 is 7.12 Å². The molecule has 0 spiro atoms. The van der Waals surface area contributed by atoms with Gasteiger partial charge in [-0.1, -0.05) is 0 Å². The standard InChI is InChI=1S/C8H6BIO3S/c10-8-2-4-1-6(11)5(9(12)13)3-7(4)14-8/h1-3,11-13H. The fourth-order valence-corrected chi connectivity index (χ4v) is 3.13. The Morgan fingerprint density at radius 2 is 1.93 bits per heavy atom. The maximum atomic E-state index is 9.47. The highest BCUT2D eigenvalue weighted by molar-refractivity contribution is 14.1. The normalized spacial score (nSPS) is 10.8. The Bertz CT molecular complexity index is 483. The Hall–Kier alpha value is -0.305. The summed E-state index contributed by atoms with van der Waals surface area (Å²) in [6.07, 6.45) is 0. The van der Waals surface area contributed by atoms with Crippen LogP contribution in [-0.2, 0) is 0 Å². The summed E-state index contributed by atoms with van der Waals surface area (Å²) in [5.41, 5.74) is 0.149. The molecule has 1 aromatic carbocycles. The summed E-state index contributed by atoms with van der Waals surface area (Å²) in [6.45, 7) is 0. The van der Waals surface area contributed by atoms with Crippen LogP contribution in [-0.4, -0.2) is 22.3 Å². The van der Waals surface area contributed by atoms with Gasteiger partial charge in [-0.15, -0.1) is 11.3 Å². The van der Waals surface area contributed by atoms with E-state index in [0.717, 1.165) is 13.0 Å². The number of fused-ring (bicyclic) bond motifs is 1. The van der Waals surface area contributed by atoms with Gasteiger partial charge >= 0.3 is 7.12 Å². The van der Waals surface area contributed by atoms with E-state index >= 15 is 0 Å². The molecule has 0 aliphatic rings. The topological polar surface area (TPSA) is 60.7 Å². The minimum atomic E-state index is -1.63. The molecule has 6 heteroatoms. The van der Waals surface area contributed by atoms with E-state index in [-0.39, 0.29) is 11.2 Å². The van der Waals surface area contributed by atoms with Gasteiger partial charge in [0.1, 0.15) is 5.75 Å². The van der Waals surface area contributed by atoms with E-state index in [1.165, 1.54) is 0 Å². The van der Waals surface area contributed by atoms with E-state index in [4.69, 9.17) is 10.0 Å². The fraction of sp³-hybridized carbons (Fsp3) is 0. The first-order valence-electron chi connectivity index (χ1n) is 3.86. The number of thiophene rings is 1. The molecule has 3 nitrogen and oxygen atoms in total. The molecule has 72 valence electrons. The Morgan fingerprint density at radius 1 is 1.21 bits per heavy atom. The molecule has 0 amide bonds. The van der Waals surface area contributed by atoms with Crippen LogP contribution in [0.15, 0.2) is 18.2 Å². The molecule has 0 bridgehead atoms. The van der Waals surface area contributed by atoms with Crippen molar-refractivity contribution in [3.05, 3.63) is 21.1 Å². The predicted molar refractivity (Wildman–Crippen MR) is 66.0 cm³/mol. The minimum Gasteiger partial charge on any atom is -0.508 e. The van der Waals surface area contributed by atoms with Crippen LogP contribution >= 0.6 is 33.9 Å². The van der Waals surface area contributed by atoms with Gasteiger partial charge in [0.2, 0.25) is 0 Å². The molecule has 0 saturated carbocycles. The van der Waals surface area contributed by atoms with Crippen molar-refractivity contribution in [3.63, 3.8) is 0 Å². The SMILES string of the molecule is OB(O)c1cc2sc(I)cc2cc1O. The van der Waals surface area contributed by atoms with Gasteiger partial charge in [-0.25, -0.2) is 0 Å². The maximum Gasteiger partial charge on any atom is 0.492 e. The van der Waals surface area contributed by atoms with Crippen molar-refractivity contribution >= 4 is 56.6 Å². The first kappa shape index (κ1) is 10.2. The number of phenolic OH excluding ortho intramolecular Hbond substituents is 1. The van der Waals surface area contributed by atoms with E-state index in [1.807, 2.05) is 6.07 Å². The molecule has 0 aliphatic carbocycles. The lowest BCUT2D eigenvalue weighted by Crippen LogP contribution is -2.29. The molecular weight excluding hydrogens is 314 g/mol. The molecule has 0 fully saturated rings. The average Bonchev–Trinajstić information content (AvgIpc) is 2.42. The summed E-state index contributed by atoms with van der Waals surface area (Å²) in [4.78, 5) is 0. The van der Waals surface area contributed by atoms with E-state index in [2.05, 4.69) is 22.6 Å². The zero-order valence-corrected chi connectivity index (χ0v) is 9.91. The second-order valence-electron chi connectivity index (χ2n) is 2.87. The van der Waals surface area contributed by atoms with Crippen LogP contribution < -0.4 is 5.46 Å². The van der Waals surface area contributed by atoms with Crippen LogP contribution in [0.2, 0.25) is 0 Å². The molecular formula is C8H6BIO3S. The number of halogens is 1. The fourth-order valence-electron chi connectivity index (χ4n) is 1.27. The first-order chi connectivity index (χ1) is 6.58. The lowest BCUT2D eigenvalue weighted by atomic mass is 9.79. The van der Waals surface area contributed by atoms with Crippen LogP contribution in [0.25, 0.3) is 10.1 Å². The van der Waals surface area contributed by atoms with Crippen molar-refractivity contribution in [1.82, 2.24) is 0 Å². The Labute approximate surface area is 98.3 Å². The smallest absolute Gasteiger partial charge is 0.492 e. The highest BCUT2D eigenvalue weighted by Crippen LogP contribution is 2.28. The van der Waals surface area contributed by atoms with Crippen molar-refractivity contribution in [2.45, 2.75) is 0 Å². The lowest BCUT2D eigenvalue weighted by molar-refractivity contribution is 0.420. The van der Waals surface area contributed by atoms with Gasteiger partial charge in [0.15, 0.2) is 0 Å². The van der Waals surface area contributed by atoms with Crippen LogP contribution in [0.5, 0.6) is 5.75 Å². The van der Waals surface area contributed by atoms with Gasteiger partial charge in [0, 0.05) is 10.2 Å². The van der Waals surface area contributed by atoms with Gasteiger partial charge in [-0.2, -0.15) is 0 Å². The van der Waals surface area contributed by atoms with Crippen molar-refractivity contribution in [1.29, 1.82) is 0 Å². The molecule has 0 radical (unpaired) electrons. The van der Waals surface area contributed by atoms with Crippen LogP contribution in [0.3, 0.4) is 0 Å². The molecule has 3 N–H and O–H groups in total. The average molecular weight is 320 g/mol. The summed E-state index contributed by atoms with van der Waals surface area (Å²) >= 11 is 3.73. The minimum absolute atomic E-state index is 0.0818. The van der Waals surface area contributed by atoms with Crippen molar-refractivity contribution in [3.8, 4) is 5.75 Å². The summed E-state index contributed by atoms with van der Waals surface area (Å²) < 4.78 is 2.04. The zero-order valence-electron chi connectivity index (χ0n) is 6.94. The van der Waals surface area contributed by atoms with E-state index in [1.54, 1.807) is 23.5 Å². The highest BCUT2D eigenvalue weighted by atomic mass is 127. The third-order valence-corrected chi connectivity index (χ3v) is 3.77. The third kappa shape index (κ3) is 1.74. The van der Waals surface area contributed by atoms with E-state index in [9.17, 15) is 5.11 Å². The molecule has 0 aliphatic heterocycles. The highest BCUT2D eigenvalue weighted by Gasteiger charge is 2.17. The van der Waals surface area contributed by atoms with Crippen molar-refractivity contribution < 1.29 is 15.2 Å². The predicted octanol–water partition coefficient (Wildman–Crippen LogP) is 0.891. The molecule has 1 aromatic heterocycles. The molecule has 2 rings (SSSR count). The van der Waals surface area contributed by atoms with Gasteiger partial charge in [0.05, 0.1) is 2.88 Å². The Balaban J connectivity index is 2.70. The quantitative estimate of drug-likeness (QED) is 0.540. The number of aromatic hydroxyl groups is 1. The summed E-state index contributed by atoms with van der Waals surface area (Å²) in [5.74, 6) is -0.0818. The van der Waals surface area contributed by atoms with Crippen molar-refractivity contribution in [2.24, 2.45) is 0 Å². The monoisotopic (exact) mass is 320 g/mol. The first-order valence-corrected chi connectivity index (χ1v) is 5.75.